The van der Waals surface area contributed by atoms with Crippen LogP contribution in [0.2, 0.25) is 5.02 Å². The van der Waals surface area contributed by atoms with Crippen LogP contribution in [-0.4, -0.2) is 91.0 Å². The minimum Gasteiger partial charge on any atom is -0.497 e. The van der Waals surface area contributed by atoms with Crippen LogP contribution in [0.5, 0.6) is 5.75 Å². The van der Waals surface area contributed by atoms with E-state index in [9.17, 15) is 9.59 Å². The zero-order valence-corrected chi connectivity index (χ0v) is 23.9. The summed E-state index contributed by atoms with van der Waals surface area (Å²) in [5.41, 5.74) is 2.01. The third kappa shape index (κ3) is 7.71. The molecular weight excluding hydrogens is 518 g/mol. The molecule has 1 unspecified atom stereocenters. The van der Waals surface area contributed by atoms with Crippen molar-refractivity contribution >= 4 is 29.3 Å². The van der Waals surface area contributed by atoms with E-state index in [1.54, 1.807) is 12.0 Å². The molecule has 1 saturated heterocycles. The van der Waals surface area contributed by atoms with Gasteiger partial charge in [0.1, 0.15) is 12.3 Å². The number of morpholine rings is 1. The summed E-state index contributed by atoms with van der Waals surface area (Å²) in [5.74, 6) is 0.471. The van der Waals surface area contributed by atoms with Gasteiger partial charge in [0.15, 0.2) is 0 Å². The Morgan fingerprint density at radius 1 is 1.13 bits per heavy atom. The van der Waals surface area contributed by atoms with Crippen LogP contribution in [0.1, 0.15) is 44.4 Å². The lowest BCUT2D eigenvalue weighted by Crippen LogP contribution is -2.53. The zero-order valence-electron chi connectivity index (χ0n) is 23.2. The number of carbonyl (C=O) groups excluding carboxylic acids is 2. The smallest absolute Gasteiger partial charge is 0.318 e. The molecule has 0 saturated carbocycles. The second-order valence-electron chi connectivity index (χ2n) is 10.8. The van der Waals surface area contributed by atoms with E-state index in [0.717, 1.165) is 35.7 Å². The molecule has 210 valence electrons. The van der Waals surface area contributed by atoms with Crippen molar-refractivity contribution in [3.05, 3.63) is 64.7 Å². The molecule has 0 radical (unpaired) electrons. The predicted molar refractivity (Wildman–Crippen MR) is 152 cm³/mol. The summed E-state index contributed by atoms with van der Waals surface area (Å²) >= 11 is 6.49. The number of methoxy groups -OCH3 is 1. The van der Waals surface area contributed by atoms with Gasteiger partial charge in [-0.05, 0) is 44.5 Å². The summed E-state index contributed by atoms with van der Waals surface area (Å²) in [4.78, 5) is 30.9. The van der Waals surface area contributed by atoms with E-state index in [1.165, 1.54) is 5.01 Å². The standard InChI is InChI=1S/C29H38ClN5O4/c1-29(2,3)31-28(37)34(14-13-33-15-17-39-18-16-33)20-27(36)35-26(21-9-11-22(38-4)12-10-21)19-25(32-35)23-7-5-6-8-24(23)30/h5-12,26H,13-20H2,1-4H3,(H,31,37). The largest absolute Gasteiger partial charge is 0.497 e. The first kappa shape index (κ1) is 28.9. The van der Waals surface area contributed by atoms with E-state index in [1.807, 2.05) is 69.3 Å². The number of nitrogens with one attached hydrogen (secondary N) is 1. The molecule has 2 aromatic rings. The highest BCUT2D eigenvalue weighted by molar-refractivity contribution is 6.34. The van der Waals surface area contributed by atoms with Crippen LogP contribution in [0.3, 0.4) is 0 Å². The number of benzene rings is 2. The van der Waals surface area contributed by atoms with Crippen molar-refractivity contribution < 1.29 is 19.1 Å². The number of hydrogen-bond acceptors (Lipinski definition) is 6. The van der Waals surface area contributed by atoms with Gasteiger partial charge in [0.25, 0.3) is 5.91 Å². The maximum atomic E-state index is 13.9. The Kier molecular flexibility index (Phi) is 9.48. The van der Waals surface area contributed by atoms with Crippen LogP contribution < -0.4 is 10.1 Å². The molecule has 1 N–H and O–H groups in total. The minimum atomic E-state index is -0.438. The van der Waals surface area contributed by atoms with E-state index < -0.39 is 5.54 Å². The maximum absolute atomic E-state index is 13.9. The highest BCUT2D eigenvalue weighted by Gasteiger charge is 2.35. The molecule has 1 atom stereocenters. The Bertz CT molecular complexity index is 1170. The van der Waals surface area contributed by atoms with Gasteiger partial charge < -0.3 is 19.7 Å². The Morgan fingerprint density at radius 3 is 2.46 bits per heavy atom. The van der Waals surface area contributed by atoms with Crippen LogP contribution in [0.4, 0.5) is 4.79 Å². The van der Waals surface area contributed by atoms with Gasteiger partial charge in [-0.3, -0.25) is 9.69 Å². The number of ether oxygens (including phenoxy) is 2. The van der Waals surface area contributed by atoms with Gasteiger partial charge in [0.2, 0.25) is 0 Å². The van der Waals surface area contributed by atoms with Crippen LogP contribution in [0, 0.1) is 0 Å². The van der Waals surface area contributed by atoms with Crippen molar-refractivity contribution in [2.75, 3.05) is 53.0 Å². The van der Waals surface area contributed by atoms with Crippen LogP contribution >= 0.6 is 11.6 Å². The van der Waals surface area contributed by atoms with Crippen LogP contribution in [0.25, 0.3) is 0 Å². The first-order chi connectivity index (χ1) is 18.6. The molecule has 0 spiro atoms. The van der Waals surface area contributed by atoms with Crippen molar-refractivity contribution in [2.45, 2.75) is 38.8 Å². The highest BCUT2D eigenvalue weighted by atomic mass is 35.5. The van der Waals surface area contributed by atoms with Crippen molar-refractivity contribution in [2.24, 2.45) is 5.10 Å². The zero-order chi connectivity index (χ0) is 28.0. The molecular formula is C29H38ClN5O4. The Morgan fingerprint density at radius 2 is 1.82 bits per heavy atom. The normalized spacial score (nSPS) is 18.0. The summed E-state index contributed by atoms with van der Waals surface area (Å²) in [6, 6.07) is 14.5. The van der Waals surface area contributed by atoms with E-state index in [-0.39, 0.29) is 24.5 Å². The number of halogens is 1. The Labute approximate surface area is 235 Å². The topological polar surface area (TPSA) is 86.7 Å². The average Bonchev–Trinajstić information content (AvgIpc) is 3.36. The Hall–Kier alpha value is -3.14. The summed E-state index contributed by atoms with van der Waals surface area (Å²) in [7, 11) is 1.62. The second kappa shape index (κ2) is 12.8. The summed E-state index contributed by atoms with van der Waals surface area (Å²) in [5, 5.41) is 9.85. The van der Waals surface area contributed by atoms with Crippen LogP contribution in [0.15, 0.2) is 53.6 Å². The molecule has 2 heterocycles. The predicted octanol–water partition coefficient (Wildman–Crippen LogP) is 4.17. The van der Waals surface area contributed by atoms with E-state index >= 15 is 0 Å². The van der Waals surface area contributed by atoms with Gasteiger partial charge in [-0.15, -0.1) is 0 Å². The molecule has 3 amide bonds. The van der Waals surface area contributed by atoms with Gasteiger partial charge in [0, 0.05) is 48.7 Å². The molecule has 0 aliphatic carbocycles. The first-order valence-electron chi connectivity index (χ1n) is 13.3. The lowest BCUT2D eigenvalue weighted by atomic mass is 9.98. The van der Waals surface area contributed by atoms with E-state index in [0.29, 0.717) is 37.7 Å². The molecule has 39 heavy (non-hydrogen) atoms. The van der Waals surface area contributed by atoms with Crippen molar-refractivity contribution in [3.8, 4) is 5.75 Å². The second-order valence-corrected chi connectivity index (χ2v) is 11.2. The quantitative estimate of drug-likeness (QED) is 0.528. The molecule has 4 rings (SSSR count). The third-order valence-corrected chi connectivity index (χ3v) is 7.07. The van der Waals surface area contributed by atoms with E-state index in [2.05, 4.69) is 10.2 Å². The number of hydrazone groups is 1. The summed E-state index contributed by atoms with van der Waals surface area (Å²) in [6.07, 6.45) is 0.504. The maximum Gasteiger partial charge on any atom is 0.318 e. The molecule has 10 heteroatoms. The van der Waals surface area contributed by atoms with Gasteiger partial charge in [-0.2, -0.15) is 5.10 Å². The SMILES string of the molecule is COc1ccc(C2CC(c3ccccc3Cl)=NN2C(=O)CN(CCN2CCOCC2)C(=O)NC(C)(C)C)cc1. The van der Waals surface area contributed by atoms with Gasteiger partial charge in [0.05, 0.1) is 32.1 Å². The first-order valence-corrected chi connectivity index (χ1v) is 13.7. The molecule has 9 nitrogen and oxygen atoms in total. The third-order valence-electron chi connectivity index (χ3n) is 6.74. The molecule has 2 aliphatic heterocycles. The summed E-state index contributed by atoms with van der Waals surface area (Å²) in [6.45, 7) is 9.69. The molecule has 0 bridgehead atoms. The molecule has 1 fully saturated rings. The van der Waals surface area contributed by atoms with Crippen molar-refractivity contribution in [3.63, 3.8) is 0 Å². The average molecular weight is 556 g/mol. The summed E-state index contributed by atoms with van der Waals surface area (Å²) < 4.78 is 10.8. The molecule has 0 aromatic heterocycles. The highest BCUT2D eigenvalue weighted by Crippen LogP contribution is 2.35. The number of rotatable bonds is 8. The monoisotopic (exact) mass is 555 g/mol. The van der Waals surface area contributed by atoms with Crippen LogP contribution in [-0.2, 0) is 9.53 Å². The fraction of sp³-hybridized carbons (Fsp3) is 0.483. The van der Waals surface area contributed by atoms with Crippen molar-refractivity contribution in [1.82, 2.24) is 20.1 Å². The molecule has 2 aromatic carbocycles. The fourth-order valence-corrected chi connectivity index (χ4v) is 4.90. The minimum absolute atomic E-state index is 0.0990. The van der Waals surface area contributed by atoms with Gasteiger partial charge in [-0.25, -0.2) is 9.80 Å². The fourth-order valence-electron chi connectivity index (χ4n) is 4.66. The lowest BCUT2D eigenvalue weighted by molar-refractivity contribution is -0.133. The van der Waals surface area contributed by atoms with Gasteiger partial charge in [-0.1, -0.05) is 41.9 Å². The lowest BCUT2D eigenvalue weighted by Gasteiger charge is -2.32. The molecule has 2 aliphatic rings. The van der Waals surface area contributed by atoms with Gasteiger partial charge >= 0.3 is 6.03 Å². The number of nitrogens with zero attached hydrogens (tertiary/aromatic N) is 4. The number of urea groups is 1. The number of carbonyl (C=O) groups is 2. The van der Waals surface area contributed by atoms with Crippen molar-refractivity contribution in [1.29, 1.82) is 0 Å². The Balaban J connectivity index is 1.58. The number of amides is 3. The number of hydrogen-bond donors (Lipinski definition) is 1. The van der Waals surface area contributed by atoms with E-state index in [4.69, 9.17) is 26.2 Å².